The minimum absolute atomic E-state index is 0.0885. The van der Waals surface area contributed by atoms with Crippen LogP contribution >= 0.6 is 11.6 Å². The molecule has 2 aromatic carbocycles. The summed E-state index contributed by atoms with van der Waals surface area (Å²) in [7, 11) is 5.68. The Balaban J connectivity index is 1.67. The molecule has 1 amide bonds. The number of benzene rings is 2. The van der Waals surface area contributed by atoms with Gasteiger partial charge in [0.1, 0.15) is 17.4 Å². The topological polar surface area (TPSA) is 115 Å². The Morgan fingerprint density at radius 1 is 1.29 bits per heavy atom. The molecule has 2 atom stereocenters. The Hall–Kier alpha value is -3.93. The van der Waals surface area contributed by atoms with Gasteiger partial charge in [-0.05, 0) is 64.2 Å². The number of nitrogens with one attached hydrogen (secondary N) is 3. The number of likely N-dealkylation sites (N-methyl/N-ethyl adjacent to an activating group) is 1. The first kappa shape index (κ1) is 31.0. The van der Waals surface area contributed by atoms with E-state index in [1.54, 1.807) is 39.3 Å². The Morgan fingerprint density at radius 2 is 2.05 bits per heavy atom. The number of halogens is 2. The molecule has 0 bridgehead atoms. The first-order valence-electron chi connectivity index (χ1n) is 13.6. The fourth-order valence-corrected chi connectivity index (χ4v) is 4.96. The summed E-state index contributed by atoms with van der Waals surface area (Å²) in [6.45, 7) is 8.62. The lowest BCUT2D eigenvalue weighted by Gasteiger charge is -2.26. The van der Waals surface area contributed by atoms with Gasteiger partial charge in [0.2, 0.25) is 11.9 Å². The lowest BCUT2D eigenvalue weighted by molar-refractivity contribution is -0.111. The van der Waals surface area contributed by atoms with E-state index in [1.165, 1.54) is 18.2 Å². The lowest BCUT2D eigenvalue weighted by atomic mass is 9.91. The normalized spacial score (nSPS) is 16.2. The van der Waals surface area contributed by atoms with Gasteiger partial charge in [0.15, 0.2) is 0 Å². The fraction of sp³-hybridized carbons (Fsp3) is 0.367. The van der Waals surface area contributed by atoms with Crippen LogP contribution in [0.3, 0.4) is 0 Å². The highest BCUT2D eigenvalue weighted by molar-refractivity contribution is 6.31. The lowest BCUT2D eigenvalue weighted by Crippen LogP contribution is -2.31. The van der Waals surface area contributed by atoms with Gasteiger partial charge < -0.3 is 35.6 Å². The van der Waals surface area contributed by atoms with Crippen molar-refractivity contribution in [3.63, 3.8) is 0 Å². The molecule has 224 valence electrons. The van der Waals surface area contributed by atoms with Crippen molar-refractivity contribution in [1.82, 2.24) is 14.9 Å². The van der Waals surface area contributed by atoms with Crippen LogP contribution in [0.2, 0.25) is 5.02 Å². The summed E-state index contributed by atoms with van der Waals surface area (Å²) in [5.74, 6) is 0.180. The van der Waals surface area contributed by atoms with Crippen LogP contribution in [-0.4, -0.2) is 66.2 Å². The average molecular weight is 598 g/mol. The van der Waals surface area contributed by atoms with Crippen LogP contribution < -0.4 is 25.6 Å². The molecule has 0 aliphatic carbocycles. The predicted molar refractivity (Wildman–Crippen MR) is 166 cm³/mol. The molecule has 1 aliphatic rings. The quantitative estimate of drug-likeness (QED) is 0.208. The van der Waals surface area contributed by atoms with E-state index in [0.29, 0.717) is 46.7 Å². The summed E-state index contributed by atoms with van der Waals surface area (Å²) in [4.78, 5) is 25.6. The number of anilines is 6. The van der Waals surface area contributed by atoms with E-state index in [4.69, 9.17) is 16.3 Å². The highest BCUT2D eigenvalue weighted by atomic mass is 35.5. The molecule has 1 aromatic heterocycles. The SMILES string of the molecule is C=CC(=O)Nc1cc(Nc2nccc(Nc3cc(Cl)c(F)cc3C(C)(O)CC)n2)c(OC)cc1N1CC[C@@H](N(C)C)C1. The van der Waals surface area contributed by atoms with Gasteiger partial charge in [-0.1, -0.05) is 25.1 Å². The van der Waals surface area contributed by atoms with Crippen molar-refractivity contribution >= 4 is 52.0 Å². The molecule has 0 spiro atoms. The second-order valence-electron chi connectivity index (χ2n) is 10.6. The molecule has 12 heteroatoms. The van der Waals surface area contributed by atoms with Crippen LogP contribution in [0.1, 0.15) is 32.3 Å². The van der Waals surface area contributed by atoms with Crippen LogP contribution in [0.15, 0.2) is 49.2 Å². The molecule has 2 heterocycles. The monoisotopic (exact) mass is 597 g/mol. The Bertz CT molecular complexity index is 1470. The van der Waals surface area contributed by atoms with E-state index in [1.807, 2.05) is 6.07 Å². The van der Waals surface area contributed by atoms with Gasteiger partial charge in [0.25, 0.3) is 0 Å². The molecular weight excluding hydrogens is 561 g/mol. The number of hydrogen-bond acceptors (Lipinski definition) is 9. The van der Waals surface area contributed by atoms with Gasteiger partial charge in [-0.2, -0.15) is 4.98 Å². The number of amides is 1. The second-order valence-corrected chi connectivity index (χ2v) is 11.0. The van der Waals surface area contributed by atoms with Crippen molar-refractivity contribution in [1.29, 1.82) is 0 Å². The maximum atomic E-state index is 14.3. The molecule has 4 N–H and O–H groups in total. The fourth-order valence-electron chi connectivity index (χ4n) is 4.80. The summed E-state index contributed by atoms with van der Waals surface area (Å²) >= 11 is 6.06. The Kier molecular flexibility index (Phi) is 9.55. The number of rotatable bonds is 11. The number of aliphatic hydroxyl groups is 1. The van der Waals surface area contributed by atoms with Crippen molar-refractivity contribution in [2.24, 2.45) is 0 Å². The van der Waals surface area contributed by atoms with Crippen molar-refractivity contribution in [3.8, 4) is 5.75 Å². The molecule has 0 radical (unpaired) electrons. The van der Waals surface area contributed by atoms with Gasteiger partial charge in [-0.3, -0.25) is 4.79 Å². The zero-order valence-electron chi connectivity index (χ0n) is 24.5. The summed E-state index contributed by atoms with van der Waals surface area (Å²) in [6, 6.07) is 8.32. The molecular formula is C30H37ClFN7O3. The largest absolute Gasteiger partial charge is 0.494 e. The maximum Gasteiger partial charge on any atom is 0.247 e. The first-order chi connectivity index (χ1) is 19.9. The summed E-state index contributed by atoms with van der Waals surface area (Å²) in [5.41, 5.74) is 1.40. The summed E-state index contributed by atoms with van der Waals surface area (Å²) < 4.78 is 20.0. The van der Waals surface area contributed by atoms with Crippen LogP contribution in [-0.2, 0) is 10.4 Å². The van der Waals surface area contributed by atoms with Crippen molar-refractivity contribution in [3.05, 3.63) is 65.6 Å². The molecule has 42 heavy (non-hydrogen) atoms. The Morgan fingerprint density at radius 3 is 2.69 bits per heavy atom. The average Bonchev–Trinajstić information content (AvgIpc) is 3.46. The summed E-state index contributed by atoms with van der Waals surface area (Å²) in [5, 5.41) is 20.0. The number of methoxy groups -OCH3 is 1. The third-order valence-corrected chi connectivity index (χ3v) is 7.78. The zero-order chi connectivity index (χ0) is 30.6. The van der Waals surface area contributed by atoms with Crippen molar-refractivity contribution in [2.75, 3.05) is 55.1 Å². The smallest absolute Gasteiger partial charge is 0.247 e. The van der Waals surface area contributed by atoms with E-state index in [2.05, 4.69) is 56.4 Å². The number of carbonyl (C=O) groups is 1. The summed E-state index contributed by atoms with van der Waals surface area (Å²) in [6.07, 6.45) is 4.12. The first-order valence-corrected chi connectivity index (χ1v) is 14.0. The van der Waals surface area contributed by atoms with E-state index in [9.17, 15) is 14.3 Å². The highest BCUT2D eigenvalue weighted by Crippen LogP contribution is 2.40. The minimum atomic E-state index is -1.30. The van der Waals surface area contributed by atoms with Crippen molar-refractivity contribution < 1.29 is 19.0 Å². The van der Waals surface area contributed by atoms with E-state index >= 15 is 0 Å². The van der Waals surface area contributed by atoms with Gasteiger partial charge in [0.05, 0.1) is 34.8 Å². The maximum absolute atomic E-state index is 14.3. The van der Waals surface area contributed by atoms with Crippen LogP contribution in [0, 0.1) is 5.82 Å². The van der Waals surface area contributed by atoms with Gasteiger partial charge in [-0.25, -0.2) is 9.37 Å². The van der Waals surface area contributed by atoms with Gasteiger partial charge >= 0.3 is 0 Å². The van der Waals surface area contributed by atoms with Crippen LogP contribution in [0.25, 0.3) is 0 Å². The number of ether oxygens (including phenoxy) is 1. The second kappa shape index (κ2) is 12.9. The predicted octanol–water partition coefficient (Wildman–Crippen LogP) is 5.65. The number of carbonyl (C=O) groups excluding carboxylic acids is 1. The van der Waals surface area contributed by atoms with Crippen LogP contribution in [0.4, 0.5) is 38.9 Å². The molecule has 1 aliphatic heterocycles. The molecule has 3 aromatic rings. The Labute approximate surface area is 250 Å². The molecule has 10 nitrogen and oxygen atoms in total. The standard InChI is InChI=1S/C30H37ClFN7O3/c1-7-28(40)35-23-15-24(26(42-6)16-25(23)39-12-10-18(17-39)38(4)5)36-29-33-11-9-27(37-29)34-22-14-20(31)21(32)13-19(22)30(3,41)8-2/h7,9,11,13-16,18,41H,1,8,10,12,17H2,2-6H3,(H,35,40)(H2,33,34,36,37)/t18-,30?/m1/s1. The number of aromatic nitrogens is 2. The van der Waals surface area contributed by atoms with E-state index < -0.39 is 11.4 Å². The number of nitrogens with zero attached hydrogens (tertiary/aromatic N) is 4. The van der Waals surface area contributed by atoms with Crippen LogP contribution in [0.5, 0.6) is 5.75 Å². The van der Waals surface area contributed by atoms with Gasteiger partial charge in [-0.15, -0.1) is 0 Å². The highest BCUT2D eigenvalue weighted by Gasteiger charge is 2.28. The molecule has 0 saturated carbocycles. The zero-order valence-corrected chi connectivity index (χ0v) is 25.2. The molecule has 1 fully saturated rings. The van der Waals surface area contributed by atoms with Gasteiger partial charge in [0, 0.05) is 42.6 Å². The third-order valence-electron chi connectivity index (χ3n) is 7.49. The minimum Gasteiger partial charge on any atom is -0.494 e. The van der Waals surface area contributed by atoms with E-state index in [0.717, 1.165) is 25.2 Å². The molecule has 1 saturated heterocycles. The number of hydrogen-bond donors (Lipinski definition) is 4. The molecule has 4 rings (SSSR count). The van der Waals surface area contributed by atoms with E-state index in [-0.39, 0.29) is 16.9 Å². The van der Waals surface area contributed by atoms with Crippen molar-refractivity contribution in [2.45, 2.75) is 38.3 Å². The molecule has 1 unspecified atom stereocenters. The third kappa shape index (κ3) is 6.92.